The third-order valence-electron chi connectivity index (χ3n) is 4.14. The maximum Gasteiger partial charge on any atom is 0.357 e. The Labute approximate surface area is 159 Å². The number of para-hydroxylation sites is 1. The maximum atomic E-state index is 12.1. The molecule has 0 aliphatic rings. The molecule has 2 aromatic carbocycles. The largest absolute Gasteiger partial charge is 0.457 e. The lowest BCUT2D eigenvalue weighted by atomic mass is 10.1. The van der Waals surface area contributed by atoms with Crippen molar-refractivity contribution in [1.82, 2.24) is 9.13 Å². The molecular weight excluding hydrogens is 362 g/mol. The number of rotatable bonds is 5. The molecule has 8 nitrogen and oxygen atoms in total. The molecule has 0 amide bonds. The van der Waals surface area contributed by atoms with E-state index in [1.54, 1.807) is 30.3 Å². The molecule has 1 heterocycles. The van der Waals surface area contributed by atoms with Crippen LogP contribution < -0.4 is 16.0 Å². The molecule has 28 heavy (non-hydrogen) atoms. The fourth-order valence-electron chi connectivity index (χ4n) is 2.69. The highest BCUT2D eigenvalue weighted by Gasteiger charge is 2.23. The van der Waals surface area contributed by atoms with Crippen LogP contribution in [0.1, 0.15) is 11.3 Å². The van der Waals surface area contributed by atoms with E-state index in [2.05, 4.69) is 0 Å². The standard InChI is InChI=1S/C20H17N3O5/c1-21-17(18(23(26)27)19(24)22(2)20(21)25)12-11-14-7-6-10-16(13-14)28-15-8-4-3-5-9-15/h3-13H,1-2H3/b12-11+. The van der Waals surface area contributed by atoms with Crippen LogP contribution in [0.5, 0.6) is 11.5 Å². The number of hydrogen-bond donors (Lipinski definition) is 0. The normalized spacial score (nSPS) is 10.9. The first-order valence-electron chi connectivity index (χ1n) is 8.34. The Morgan fingerprint density at radius 2 is 1.61 bits per heavy atom. The van der Waals surface area contributed by atoms with Crippen LogP contribution in [0.25, 0.3) is 12.2 Å². The summed E-state index contributed by atoms with van der Waals surface area (Å²) in [5.41, 5.74) is -1.63. The molecule has 3 aromatic rings. The van der Waals surface area contributed by atoms with Crippen LogP contribution in [0.15, 0.2) is 64.2 Å². The Hall–Kier alpha value is -3.94. The highest BCUT2D eigenvalue weighted by molar-refractivity contribution is 5.72. The van der Waals surface area contributed by atoms with Gasteiger partial charge in [-0.3, -0.25) is 24.0 Å². The SMILES string of the molecule is Cn1c(/C=C/c2cccc(Oc3ccccc3)c2)c([N+](=O)[O-])c(=O)n(C)c1=O. The Kier molecular flexibility index (Phi) is 5.21. The van der Waals surface area contributed by atoms with E-state index in [0.717, 1.165) is 4.57 Å². The molecule has 1 aromatic heterocycles. The Bertz CT molecular complexity index is 1180. The zero-order valence-corrected chi connectivity index (χ0v) is 15.2. The molecule has 0 atom stereocenters. The van der Waals surface area contributed by atoms with Crippen molar-refractivity contribution in [3.05, 3.63) is 96.8 Å². The summed E-state index contributed by atoms with van der Waals surface area (Å²) in [5.74, 6) is 1.26. The summed E-state index contributed by atoms with van der Waals surface area (Å²) in [6.07, 6.45) is 2.96. The van der Waals surface area contributed by atoms with E-state index in [1.165, 1.54) is 20.2 Å². The van der Waals surface area contributed by atoms with Crippen molar-refractivity contribution in [2.75, 3.05) is 0 Å². The molecule has 0 saturated carbocycles. The van der Waals surface area contributed by atoms with Gasteiger partial charge in [0.05, 0.1) is 4.92 Å². The van der Waals surface area contributed by atoms with Crippen LogP contribution in [-0.2, 0) is 14.1 Å². The quantitative estimate of drug-likeness (QED) is 0.502. The first-order chi connectivity index (χ1) is 13.4. The average molecular weight is 379 g/mol. The number of aromatic nitrogens is 2. The van der Waals surface area contributed by atoms with Crippen molar-refractivity contribution < 1.29 is 9.66 Å². The lowest BCUT2D eigenvalue weighted by Crippen LogP contribution is -2.39. The highest BCUT2D eigenvalue weighted by Crippen LogP contribution is 2.23. The van der Waals surface area contributed by atoms with Crippen molar-refractivity contribution in [3.63, 3.8) is 0 Å². The molecule has 0 aliphatic heterocycles. The van der Waals surface area contributed by atoms with Gasteiger partial charge in [-0.1, -0.05) is 36.4 Å². The van der Waals surface area contributed by atoms with Crippen LogP contribution >= 0.6 is 0 Å². The number of nitro groups is 1. The molecular formula is C20H17N3O5. The number of ether oxygens (including phenoxy) is 1. The molecule has 0 radical (unpaired) electrons. The van der Waals surface area contributed by atoms with Crippen LogP contribution in [0.2, 0.25) is 0 Å². The van der Waals surface area contributed by atoms with Gasteiger partial charge in [0.1, 0.15) is 17.2 Å². The second kappa shape index (κ2) is 7.75. The van der Waals surface area contributed by atoms with Crippen molar-refractivity contribution in [1.29, 1.82) is 0 Å². The molecule has 0 unspecified atom stereocenters. The summed E-state index contributed by atoms with van der Waals surface area (Å²) >= 11 is 0. The van der Waals surface area contributed by atoms with Crippen molar-refractivity contribution in [2.24, 2.45) is 14.1 Å². The molecule has 0 spiro atoms. The van der Waals surface area contributed by atoms with Gasteiger partial charge in [0.2, 0.25) is 0 Å². The van der Waals surface area contributed by atoms with E-state index < -0.39 is 21.9 Å². The van der Waals surface area contributed by atoms with Gasteiger partial charge in [0.25, 0.3) is 0 Å². The molecule has 0 saturated heterocycles. The second-order valence-electron chi connectivity index (χ2n) is 6.02. The lowest BCUT2D eigenvalue weighted by molar-refractivity contribution is -0.387. The zero-order valence-electron chi connectivity index (χ0n) is 15.2. The fraction of sp³-hybridized carbons (Fsp3) is 0.100. The predicted octanol–water partition coefficient (Wildman–Crippen LogP) is 2.95. The van der Waals surface area contributed by atoms with Gasteiger partial charge in [0.15, 0.2) is 0 Å². The van der Waals surface area contributed by atoms with E-state index in [4.69, 9.17) is 4.74 Å². The summed E-state index contributed by atoms with van der Waals surface area (Å²) in [4.78, 5) is 34.8. The summed E-state index contributed by atoms with van der Waals surface area (Å²) in [6.45, 7) is 0. The van der Waals surface area contributed by atoms with Gasteiger partial charge >= 0.3 is 16.9 Å². The van der Waals surface area contributed by atoms with E-state index in [0.29, 0.717) is 21.6 Å². The molecule has 0 aliphatic carbocycles. The van der Waals surface area contributed by atoms with Gasteiger partial charge in [-0.05, 0) is 35.9 Å². The van der Waals surface area contributed by atoms with Crippen molar-refractivity contribution >= 4 is 17.8 Å². The fourth-order valence-corrected chi connectivity index (χ4v) is 2.69. The van der Waals surface area contributed by atoms with Crippen LogP contribution in [0, 0.1) is 10.1 Å². The van der Waals surface area contributed by atoms with Crippen molar-refractivity contribution in [3.8, 4) is 11.5 Å². The average Bonchev–Trinajstić information content (AvgIpc) is 2.69. The Morgan fingerprint density at radius 1 is 0.929 bits per heavy atom. The number of nitrogens with zero attached hydrogens (tertiary/aromatic N) is 3. The Morgan fingerprint density at radius 3 is 2.29 bits per heavy atom. The van der Waals surface area contributed by atoms with Gasteiger partial charge in [-0.2, -0.15) is 0 Å². The first kappa shape index (κ1) is 18.8. The lowest BCUT2D eigenvalue weighted by Gasteiger charge is -2.07. The van der Waals surface area contributed by atoms with E-state index in [9.17, 15) is 19.7 Å². The van der Waals surface area contributed by atoms with E-state index >= 15 is 0 Å². The topological polar surface area (TPSA) is 96.4 Å². The van der Waals surface area contributed by atoms with E-state index in [-0.39, 0.29) is 5.69 Å². The van der Waals surface area contributed by atoms with E-state index in [1.807, 2.05) is 30.3 Å². The number of benzene rings is 2. The molecule has 0 fully saturated rings. The van der Waals surface area contributed by atoms with Gasteiger partial charge in [-0.15, -0.1) is 0 Å². The van der Waals surface area contributed by atoms with Gasteiger partial charge in [0, 0.05) is 14.1 Å². The highest BCUT2D eigenvalue weighted by atomic mass is 16.6. The predicted molar refractivity (Wildman–Crippen MR) is 105 cm³/mol. The smallest absolute Gasteiger partial charge is 0.357 e. The van der Waals surface area contributed by atoms with Gasteiger partial charge < -0.3 is 4.74 Å². The minimum Gasteiger partial charge on any atom is -0.457 e. The number of hydrogen-bond acceptors (Lipinski definition) is 5. The first-order valence-corrected chi connectivity index (χ1v) is 8.34. The Balaban J connectivity index is 1.99. The third kappa shape index (κ3) is 3.75. The molecule has 142 valence electrons. The minimum atomic E-state index is -0.950. The van der Waals surface area contributed by atoms with Gasteiger partial charge in [-0.25, -0.2) is 4.79 Å². The zero-order chi connectivity index (χ0) is 20.3. The van der Waals surface area contributed by atoms with Crippen LogP contribution in [-0.4, -0.2) is 14.1 Å². The summed E-state index contributed by atoms with van der Waals surface area (Å²) in [7, 11) is 2.58. The summed E-state index contributed by atoms with van der Waals surface area (Å²) < 4.78 is 7.54. The minimum absolute atomic E-state index is 0.0764. The van der Waals surface area contributed by atoms with Crippen molar-refractivity contribution in [2.45, 2.75) is 0 Å². The maximum absolute atomic E-state index is 12.1. The molecule has 0 bridgehead atoms. The summed E-state index contributed by atoms with van der Waals surface area (Å²) in [6, 6.07) is 16.3. The summed E-state index contributed by atoms with van der Waals surface area (Å²) in [5, 5.41) is 11.3. The molecule has 3 rings (SSSR count). The third-order valence-corrected chi connectivity index (χ3v) is 4.14. The monoisotopic (exact) mass is 379 g/mol. The second-order valence-corrected chi connectivity index (χ2v) is 6.02. The van der Waals surface area contributed by atoms with Crippen LogP contribution in [0.4, 0.5) is 5.69 Å². The molecule has 8 heteroatoms. The molecule has 0 N–H and O–H groups in total. The van der Waals surface area contributed by atoms with Crippen LogP contribution in [0.3, 0.4) is 0 Å².